The van der Waals surface area contributed by atoms with Crippen molar-refractivity contribution in [2.45, 2.75) is 40.2 Å². The van der Waals surface area contributed by atoms with Crippen molar-refractivity contribution in [3.63, 3.8) is 0 Å². The van der Waals surface area contributed by atoms with Gasteiger partial charge in [-0.05, 0) is 19.8 Å². The van der Waals surface area contributed by atoms with Gasteiger partial charge in [0.05, 0.1) is 17.9 Å². The fourth-order valence-corrected chi connectivity index (χ4v) is 1.11. The first kappa shape index (κ1) is 8.24. The van der Waals surface area contributed by atoms with E-state index in [4.69, 9.17) is 0 Å². The van der Waals surface area contributed by atoms with E-state index in [-0.39, 0.29) is 0 Å². The Hall–Kier alpha value is -0.860. The smallest absolute Gasteiger partial charge is 0.0856 e. The Morgan fingerprint density at radius 1 is 1.00 bits per heavy atom. The molecule has 0 aromatic carbocycles. The Morgan fingerprint density at radius 3 is 1.73 bits per heavy atom. The molecule has 0 unspecified atom stereocenters. The van der Waals surface area contributed by atoms with Crippen molar-refractivity contribution in [2.75, 3.05) is 0 Å². The number of aromatic nitrogens is 3. The molecular formula is C8H15N3. The normalized spacial score (nSPS) is 10.5. The van der Waals surface area contributed by atoms with Crippen LogP contribution in [0.2, 0.25) is 0 Å². The lowest BCUT2D eigenvalue weighted by molar-refractivity contribution is 0.560. The van der Waals surface area contributed by atoms with E-state index in [1.807, 2.05) is 0 Å². The maximum absolute atomic E-state index is 4.32. The molecule has 0 aliphatic carbocycles. The van der Waals surface area contributed by atoms with Gasteiger partial charge in [-0.2, -0.15) is 15.0 Å². The third-order valence-electron chi connectivity index (χ3n) is 1.76. The number of nitrogens with zero attached hydrogens (tertiary/aromatic N) is 3. The zero-order valence-corrected chi connectivity index (χ0v) is 7.46. The van der Waals surface area contributed by atoms with Gasteiger partial charge in [0.1, 0.15) is 0 Å². The summed E-state index contributed by atoms with van der Waals surface area (Å²) in [4.78, 5) is 1.76. The maximum atomic E-state index is 4.32. The van der Waals surface area contributed by atoms with Crippen molar-refractivity contribution >= 4 is 0 Å². The lowest BCUT2D eigenvalue weighted by atomic mass is 10.2. The van der Waals surface area contributed by atoms with E-state index in [1.165, 1.54) is 0 Å². The van der Waals surface area contributed by atoms with Crippen LogP contribution >= 0.6 is 0 Å². The molecule has 0 saturated heterocycles. The molecule has 0 fully saturated rings. The standard InChI is InChI=1S/C8H15N3/c1-4-7-8(5-2)10-11(6-3)9-7/h4-6H2,1-3H3. The molecule has 0 amide bonds. The molecule has 1 aromatic heterocycles. The van der Waals surface area contributed by atoms with Gasteiger partial charge in [0.15, 0.2) is 0 Å². The number of rotatable bonds is 3. The minimum absolute atomic E-state index is 0.868. The molecule has 11 heavy (non-hydrogen) atoms. The van der Waals surface area contributed by atoms with Crippen LogP contribution in [0, 0.1) is 0 Å². The molecule has 1 aromatic rings. The Balaban J connectivity index is 2.92. The zero-order valence-electron chi connectivity index (χ0n) is 7.46. The van der Waals surface area contributed by atoms with Crippen LogP contribution < -0.4 is 0 Å². The summed E-state index contributed by atoms with van der Waals surface area (Å²) in [5.41, 5.74) is 2.30. The van der Waals surface area contributed by atoms with Crippen LogP contribution in [-0.4, -0.2) is 15.0 Å². The number of hydrogen-bond donors (Lipinski definition) is 0. The average Bonchev–Trinajstić information content (AvgIpc) is 2.46. The van der Waals surface area contributed by atoms with E-state index < -0.39 is 0 Å². The summed E-state index contributed by atoms with van der Waals surface area (Å²) in [6, 6.07) is 0. The summed E-state index contributed by atoms with van der Waals surface area (Å²) in [5.74, 6) is 0. The highest BCUT2D eigenvalue weighted by Gasteiger charge is 2.04. The van der Waals surface area contributed by atoms with Gasteiger partial charge in [-0.25, -0.2) is 0 Å². The lowest BCUT2D eigenvalue weighted by Gasteiger charge is -1.88. The monoisotopic (exact) mass is 153 g/mol. The Bertz CT molecular complexity index is 206. The molecule has 0 N–H and O–H groups in total. The van der Waals surface area contributed by atoms with Crippen molar-refractivity contribution in [1.82, 2.24) is 15.0 Å². The first-order chi connectivity index (χ1) is 5.31. The third-order valence-corrected chi connectivity index (χ3v) is 1.76. The topological polar surface area (TPSA) is 30.7 Å². The maximum Gasteiger partial charge on any atom is 0.0856 e. The van der Waals surface area contributed by atoms with Crippen LogP contribution in [0.1, 0.15) is 32.2 Å². The Labute approximate surface area is 67.4 Å². The average molecular weight is 153 g/mol. The molecule has 3 nitrogen and oxygen atoms in total. The molecule has 3 heteroatoms. The second-order valence-corrected chi connectivity index (χ2v) is 2.49. The fraction of sp³-hybridized carbons (Fsp3) is 0.750. The van der Waals surface area contributed by atoms with Gasteiger partial charge < -0.3 is 0 Å². The molecule has 62 valence electrons. The minimum atomic E-state index is 0.868. The lowest BCUT2D eigenvalue weighted by Crippen LogP contribution is -1.98. The van der Waals surface area contributed by atoms with Crippen LogP contribution in [0.3, 0.4) is 0 Å². The largest absolute Gasteiger partial charge is 0.185 e. The number of hydrogen-bond acceptors (Lipinski definition) is 2. The second-order valence-electron chi connectivity index (χ2n) is 2.49. The summed E-state index contributed by atoms with van der Waals surface area (Å²) < 4.78 is 0. The molecule has 0 spiro atoms. The summed E-state index contributed by atoms with van der Waals surface area (Å²) in [6.07, 6.45) is 1.98. The zero-order chi connectivity index (χ0) is 8.27. The quantitative estimate of drug-likeness (QED) is 0.657. The van der Waals surface area contributed by atoms with E-state index in [2.05, 4.69) is 31.0 Å². The van der Waals surface area contributed by atoms with Gasteiger partial charge in [0, 0.05) is 0 Å². The predicted octanol–water partition coefficient (Wildman–Crippen LogP) is 1.42. The summed E-state index contributed by atoms with van der Waals surface area (Å²) in [7, 11) is 0. The Kier molecular flexibility index (Phi) is 2.63. The van der Waals surface area contributed by atoms with Gasteiger partial charge >= 0.3 is 0 Å². The van der Waals surface area contributed by atoms with Crippen molar-refractivity contribution in [1.29, 1.82) is 0 Å². The molecule has 0 atom stereocenters. The van der Waals surface area contributed by atoms with Gasteiger partial charge in [0.25, 0.3) is 0 Å². The molecule has 0 saturated carbocycles. The first-order valence-corrected chi connectivity index (χ1v) is 4.24. The van der Waals surface area contributed by atoms with Crippen LogP contribution in [0.4, 0.5) is 0 Å². The van der Waals surface area contributed by atoms with Crippen LogP contribution in [0.5, 0.6) is 0 Å². The second kappa shape index (κ2) is 3.51. The van der Waals surface area contributed by atoms with Crippen LogP contribution in [-0.2, 0) is 19.4 Å². The Morgan fingerprint density at radius 2 is 1.45 bits per heavy atom. The van der Waals surface area contributed by atoms with E-state index in [0.29, 0.717) is 0 Å². The summed E-state index contributed by atoms with van der Waals surface area (Å²) in [6.45, 7) is 7.15. The van der Waals surface area contributed by atoms with E-state index >= 15 is 0 Å². The predicted molar refractivity (Wildman–Crippen MR) is 44.5 cm³/mol. The SMILES string of the molecule is CCc1nn(CC)nc1CC. The van der Waals surface area contributed by atoms with Crippen molar-refractivity contribution in [2.24, 2.45) is 0 Å². The molecule has 0 bridgehead atoms. The van der Waals surface area contributed by atoms with Crippen molar-refractivity contribution in [3.8, 4) is 0 Å². The fourth-order valence-electron chi connectivity index (χ4n) is 1.11. The van der Waals surface area contributed by atoms with E-state index in [0.717, 1.165) is 30.8 Å². The van der Waals surface area contributed by atoms with E-state index in [9.17, 15) is 0 Å². The van der Waals surface area contributed by atoms with Gasteiger partial charge in [-0.15, -0.1) is 0 Å². The van der Waals surface area contributed by atoms with Gasteiger partial charge in [-0.3, -0.25) is 0 Å². The van der Waals surface area contributed by atoms with Crippen molar-refractivity contribution < 1.29 is 0 Å². The molecule has 1 rings (SSSR count). The highest BCUT2D eigenvalue weighted by atomic mass is 15.5. The number of aryl methyl sites for hydroxylation is 3. The highest BCUT2D eigenvalue weighted by molar-refractivity contribution is 5.07. The highest BCUT2D eigenvalue weighted by Crippen LogP contribution is 2.03. The van der Waals surface area contributed by atoms with Crippen LogP contribution in [0.15, 0.2) is 0 Å². The van der Waals surface area contributed by atoms with Crippen LogP contribution in [0.25, 0.3) is 0 Å². The molecule has 0 aliphatic heterocycles. The summed E-state index contributed by atoms with van der Waals surface area (Å²) in [5, 5.41) is 8.65. The molecule has 0 radical (unpaired) electrons. The molecular weight excluding hydrogens is 138 g/mol. The summed E-state index contributed by atoms with van der Waals surface area (Å²) >= 11 is 0. The molecule has 0 aliphatic rings. The first-order valence-electron chi connectivity index (χ1n) is 4.24. The van der Waals surface area contributed by atoms with Gasteiger partial charge in [-0.1, -0.05) is 13.8 Å². The molecule has 1 heterocycles. The third kappa shape index (κ3) is 1.59. The van der Waals surface area contributed by atoms with E-state index in [1.54, 1.807) is 4.80 Å². The van der Waals surface area contributed by atoms with Gasteiger partial charge in [0.2, 0.25) is 0 Å². The minimum Gasteiger partial charge on any atom is -0.185 e. The van der Waals surface area contributed by atoms with Crippen molar-refractivity contribution in [3.05, 3.63) is 11.4 Å².